The highest BCUT2D eigenvalue weighted by Crippen LogP contribution is 2.34. The van der Waals surface area contributed by atoms with Crippen LogP contribution < -0.4 is 10.7 Å². The van der Waals surface area contributed by atoms with Gasteiger partial charge >= 0.3 is 0 Å². The molecule has 4 rings (SSSR count). The predicted molar refractivity (Wildman–Crippen MR) is 128 cm³/mol. The Hall–Kier alpha value is -3.01. The summed E-state index contributed by atoms with van der Waals surface area (Å²) < 4.78 is 37.9. The van der Waals surface area contributed by atoms with Crippen molar-refractivity contribution in [2.75, 3.05) is 0 Å². The average Bonchev–Trinajstić information content (AvgIpc) is 2.79. The van der Waals surface area contributed by atoms with Gasteiger partial charge < -0.3 is 0 Å². The lowest BCUT2D eigenvalue weighted by molar-refractivity contribution is 0.593. The summed E-state index contributed by atoms with van der Waals surface area (Å²) in [5.74, 6) is -0.301. The zero-order valence-electron chi connectivity index (χ0n) is 17.8. The molecule has 33 heavy (non-hydrogen) atoms. The molecule has 3 aromatic carbocycles. The molecular formula is C24H22FN3O3S2. The zero-order chi connectivity index (χ0) is 23.6. The third-order valence-corrected chi connectivity index (χ3v) is 7.40. The summed E-state index contributed by atoms with van der Waals surface area (Å²) in [5, 5.41) is 6.20. The molecule has 4 aromatic rings. The van der Waals surface area contributed by atoms with Crippen LogP contribution >= 0.6 is 11.8 Å². The van der Waals surface area contributed by atoms with Gasteiger partial charge in [-0.05, 0) is 60.9 Å². The summed E-state index contributed by atoms with van der Waals surface area (Å²) in [5.41, 5.74) is 2.26. The molecule has 1 aromatic heterocycles. The van der Waals surface area contributed by atoms with Gasteiger partial charge in [0.15, 0.2) is 5.16 Å². The second kappa shape index (κ2) is 9.46. The molecule has 0 saturated heterocycles. The van der Waals surface area contributed by atoms with Gasteiger partial charge in [0, 0.05) is 11.8 Å². The number of rotatable bonds is 7. The highest BCUT2D eigenvalue weighted by Gasteiger charge is 2.16. The second-order valence-corrected chi connectivity index (χ2v) is 10.5. The first kappa shape index (κ1) is 23.2. The maximum absolute atomic E-state index is 13.3. The molecule has 1 heterocycles. The minimum Gasteiger partial charge on any atom is -0.287 e. The molecule has 0 aliphatic rings. The summed E-state index contributed by atoms with van der Waals surface area (Å²) >= 11 is 1.43. The summed E-state index contributed by atoms with van der Waals surface area (Å²) in [7, 11) is -3.76. The lowest BCUT2D eigenvalue weighted by Crippen LogP contribution is -2.24. The van der Waals surface area contributed by atoms with E-state index in [0.29, 0.717) is 29.0 Å². The van der Waals surface area contributed by atoms with Crippen molar-refractivity contribution in [2.24, 2.45) is 5.14 Å². The molecule has 0 bridgehead atoms. The Morgan fingerprint density at radius 3 is 2.36 bits per heavy atom. The van der Waals surface area contributed by atoms with Gasteiger partial charge in [-0.25, -0.2) is 22.9 Å². The number of hydrogen-bond acceptors (Lipinski definition) is 5. The van der Waals surface area contributed by atoms with Crippen molar-refractivity contribution in [3.8, 4) is 0 Å². The monoisotopic (exact) mass is 483 g/mol. The molecule has 170 valence electrons. The lowest BCUT2D eigenvalue weighted by Gasteiger charge is -2.17. The summed E-state index contributed by atoms with van der Waals surface area (Å²) in [6.07, 6.45) is 0.503. The first-order valence-electron chi connectivity index (χ1n) is 10.3. The number of sulfonamides is 1. The molecule has 0 aliphatic heterocycles. The number of nitrogens with zero attached hydrogens (tertiary/aromatic N) is 2. The Balaban J connectivity index is 1.66. The smallest absolute Gasteiger partial charge is 0.262 e. The van der Waals surface area contributed by atoms with Crippen LogP contribution in [0.5, 0.6) is 0 Å². The first-order chi connectivity index (χ1) is 15.7. The van der Waals surface area contributed by atoms with E-state index in [1.165, 1.54) is 36.0 Å². The number of primary sulfonamides is 1. The van der Waals surface area contributed by atoms with Crippen molar-refractivity contribution in [2.45, 2.75) is 35.2 Å². The van der Waals surface area contributed by atoms with E-state index >= 15 is 0 Å². The van der Waals surface area contributed by atoms with E-state index in [4.69, 9.17) is 10.1 Å². The Labute approximate surface area is 195 Å². The molecule has 0 radical (unpaired) electrons. The topological polar surface area (TPSA) is 95.0 Å². The quantitative estimate of drug-likeness (QED) is 0.313. The van der Waals surface area contributed by atoms with Gasteiger partial charge in [-0.3, -0.25) is 9.36 Å². The van der Waals surface area contributed by atoms with Crippen molar-refractivity contribution in [3.05, 3.63) is 100 Å². The van der Waals surface area contributed by atoms with Gasteiger partial charge in [-0.2, -0.15) is 0 Å². The van der Waals surface area contributed by atoms with Crippen LogP contribution in [0.4, 0.5) is 4.39 Å². The van der Waals surface area contributed by atoms with E-state index in [1.54, 1.807) is 47.0 Å². The van der Waals surface area contributed by atoms with E-state index in [0.717, 1.165) is 11.1 Å². The molecule has 0 saturated carbocycles. The number of benzene rings is 3. The van der Waals surface area contributed by atoms with Crippen molar-refractivity contribution < 1.29 is 12.8 Å². The molecule has 0 spiro atoms. The van der Waals surface area contributed by atoms with Crippen LogP contribution in [0.25, 0.3) is 10.9 Å². The molecule has 0 amide bonds. The molecule has 9 heteroatoms. The van der Waals surface area contributed by atoms with Crippen molar-refractivity contribution in [1.29, 1.82) is 0 Å². The molecule has 0 fully saturated rings. The summed E-state index contributed by atoms with van der Waals surface area (Å²) in [6.45, 7) is 2.35. The standard InChI is InChI=1S/C24H22FN3O3S2/c1-16(18-8-10-19(25)11-9-18)32-24-27-22-5-3-2-4-21(22)23(29)28(24)15-14-17-6-12-20(13-7-17)33(26,30)31/h2-13,16H,14-15H2,1H3,(H2,26,30,31). The Morgan fingerprint density at radius 1 is 1.03 bits per heavy atom. The number of aryl methyl sites for hydroxylation is 1. The van der Waals surface area contributed by atoms with Gasteiger partial charge in [0.05, 0.1) is 15.8 Å². The third-order valence-electron chi connectivity index (χ3n) is 5.32. The van der Waals surface area contributed by atoms with Gasteiger partial charge in [0.25, 0.3) is 5.56 Å². The third kappa shape index (κ3) is 5.32. The van der Waals surface area contributed by atoms with Crippen molar-refractivity contribution >= 4 is 32.7 Å². The van der Waals surface area contributed by atoms with Crippen LogP contribution in [0.1, 0.15) is 23.3 Å². The largest absolute Gasteiger partial charge is 0.287 e. The lowest BCUT2D eigenvalue weighted by atomic mass is 10.1. The Kier molecular flexibility index (Phi) is 6.64. The summed E-state index contributed by atoms with van der Waals surface area (Å²) in [6, 6.07) is 19.8. The van der Waals surface area contributed by atoms with Gasteiger partial charge in [-0.15, -0.1) is 0 Å². The van der Waals surface area contributed by atoms with Crippen LogP contribution in [0.15, 0.2) is 87.6 Å². The molecule has 2 N–H and O–H groups in total. The molecule has 1 atom stereocenters. The fourth-order valence-electron chi connectivity index (χ4n) is 3.48. The van der Waals surface area contributed by atoms with Crippen molar-refractivity contribution in [3.63, 3.8) is 0 Å². The summed E-state index contributed by atoms with van der Waals surface area (Å²) in [4.78, 5) is 18.1. The maximum atomic E-state index is 13.3. The number of hydrogen-bond donors (Lipinski definition) is 1. The van der Waals surface area contributed by atoms with Crippen LogP contribution in [0.2, 0.25) is 0 Å². The van der Waals surface area contributed by atoms with Crippen LogP contribution in [-0.2, 0) is 23.0 Å². The van der Waals surface area contributed by atoms with Crippen LogP contribution in [0.3, 0.4) is 0 Å². The normalized spacial score (nSPS) is 12.7. The highest BCUT2D eigenvalue weighted by atomic mass is 32.2. The van der Waals surface area contributed by atoms with E-state index in [1.807, 2.05) is 13.0 Å². The van der Waals surface area contributed by atoms with Gasteiger partial charge in [0.2, 0.25) is 10.0 Å². The second-order valence-electron chi connectivity index (χ2n) is 7.62. The average molecular weight is 484 g/mol. The molecule has 1 unspecified atom stereocenters. The number of thioether (sulfide) groups is 1. The minimum absolute atomic E-state index is 0.0418. The molecular weight excluding hydrogens is 461 g/mol. The first-order valence-corrected chi connectivity index (χ1v) is 12.7. The van der Waals surface area contributed by atoms with Gasteiger partial charge in [-0.1, -0.05) is 48.2 Å². The van der Waals surface area contributed by atoms with E-state index in [9.17, 15) is 17.6 Å². The fourth-order valence-corrected chi connectivity index (χ4v) is 5.06. The zero-order valence-corrected chi connectivity index (χ0v) is 19.4. The predicted octanol–water partition coefficient (Wildman–Crippen LogP) is 4.28. The SMILES string of the molecule is CC(Sc1nc2ccccc2c(=O)n1CCc1ccc(S(N)(=O)=O)cc1)c1ccc(F)cc1. The van der Waals surface area contributed by atoms with Crippen LogP contribution in [-0.4, -0.2) is 18.0 Å². The molecule has 0 aliphatic carbocycles. The number of nitrogens with two attached hydrogens (primary N) is 1. The van der Waals surface area contributed by atoms with Crippen molar-refractivity contribution in [1.82, 2.24) is 9.55 Å². The molecule has 6 nitrogen and oxygen atoms in total. The van der Waals surface area contributed by atoms with Crippen LogP contribution in [0, 0.1) is 5.82 Å². The minimum atomic E-state index is -3.76. The Morgan fingerprint density at radius 2 is 1.70 bits per heavy atom. The number of para-hydroxylation sites is 1. The highest BCUT2D eigenvalue weighted by molar-refractivity contribution is 7.99. The number of halogens is 1. The fraction of sp³-hybridized carbons (Fsp3) is 0.167. The maximum Gasteiger partial charge on any atom is 0.262 e. The number of aromatic nitrogens is 2. The Bertz CT molecular complexity index is 1450. The van der Waals surface area contributed by atoms with Gasteiger partial charge in [0.1, 0.15) is 5.82 Å². The van der Waals surface area contributed by atoms with E-state index < -0.39 is 10.0 Å². The number of fused-ring (bicyclic) bond motifs is 1. The van der Waals surface area contributed by atoms with E-state index in [-0.39, 0.29) is 21.5 Å². The van der Waals surface area contributed by atoms with E-state index in [2.05, 4.69) is 0 Å².